The van der Waals surface area contributed by atoms with Gasteiger partial charge in [0.15, 0.2) is 0 Å². The van der Waals surface area contributed by atoms with Crippen molar-refractivity contribution in [1.29, 1.82) is 5.41 Å². The van der Waals surface area contributed by atoms with Gasteiger partial charge in [-0.2, -0.15) is 0 Å². The van der Waals surface area contributed by atoms with Crippen LogP contribution in [0, 0.1) is 10.8 Å². The number of ether oxygens (including phenoxy) is 1. The number of hydrogen-bond donors (Lipinski definition) is 4. The van der Waals surface area contributed by atoms with Crippen LogP contribution in [-0.4, -0.2) is 47.1 Å². The zero-order valence-corrected chi connectivity index (χ0v) is 23.3. The molecule has 9 nitrogen and oxygen atoms in total. The normalized spacial score (nSPS) is 21.7. The molecule has 5 rings (SSSR count). The van der Waals surface area contributed by atoms with Gasteiger partial charge >= 0.3 is 0 Å². The minimum Gasteiger partial charge on any atom is -0.486 e. The van der Waals surface area contributed by atoms with Crippen LogP contribution < -0.4 is 21.1 Å². The number of rotatable bonds is 10. The van der Waals surface area contributed by atoms with Crippen molar-refractivity contribution in [2.24, 2.45) is 11.1 Å². The molecule has 1 aliphatic carbocycles. The summed E-state index contributed by atoms with van der Waals surface area (Å²) in [5.74, 6) is -0.229. The van der Waals surface area contributed by atoms with Gasteiger partial charge in [0.25, 0.3) is 5.91 Å². The Morgan fingerprint density at radius 3 is 2.50 bits per heavy atom. The predicted octanol–water partition coefficient (Wildman–Crippen LogP) is 3.60. The van der Waals surface area contributed by atoms with Gasteiger partial charge in [-0.3, -0.25) is 19.8 Å². The number of thiophene rings is 1. The molecule has 2 aliphatic rings. The van der Waals surface area contributed by atoms with Gasteiger partial charge in [-0.15, -0.1) is 11.3 Å². The molecule has 0 bridgehead atoms. The molecule has 10 heteroatoms. The highest BCUT2D eigenvalue weighted by molar-refractivity contribution is 7.10. The molecule has 0 radical (unpaired) electrons. The SMILES string of the molecule is CC(Oc1ccc(C(=O)NCC(=O)N2[C@H]3C[C@@]3(C)C[C@H]2C(=O)NCc2cc(C(=N)N)cs2)cc1)c1ccccc1. The summed E-state index contributed by atoms with van der Waals surface area (Å²) in [7, 11) is 0. The fraction of sp³-hybridized carbons (Fsp3) is 0.333. The standard InChI is InChI=1S/C30H33N5O4S/c1-18(19-6-4-3-5-7-19)39-22-10-8-20(9-11-22)28(37)34-16-26(36)35-24(13-30(2)14-25(30)35)29(38)33-15-23-12-21(17-40-23)27(31)32/h3-12,17-18,24-25H,13-16H2,1-2H3,(H3,31,32)(H,33,38)(H,34,37)/t18?,24-,25-,30+/m0/s1. The molecule has 2 heterocycles. The first kappa shape index (κ1) is 27.4. The number of piperidine rings is 1. The highest BCUT2D eigenvalue weighted by Crippen LogP contribution is 2.59. The second-order valence-corrected chi connectivity index (χ2v) is 11.7. The third-order valence-corrected chi connectivity index (χ3v) is 8.66. The van der Waals surface area contributed by atoms with Crippen LogP contribution in [0.5, 0.6) is 5.75 Å². The van der Waals surface area contributed by atoms with Crippen LogP contribution in [0.25, 0.3) is 0 Å². The second kappa shape index (κ2) is 11.1. The number of nitrogens with two attached hydrogens (primary N) is 1. The lowest BCUT2D eigenvalue weighted by molar-refractivity contribution is -0.139. The van der Waals surface area contributed by atoms with Crippen LogP contribution in [0.3, 0.4) is 0 Å². The summed E-state index contributed by atoms with van der Waals surface area (Å²) in [6.45, 7) is 4.16. The second-order valence-electron chi connectivity index (χ2n) is 10.7. The van der Waals surface area contributed by atoms with E-state index in [0.29, 0.717) is 29.8 Å². The molecule has 2 fully saturated rings. The summed E-state index contributed by atoms with van der Waals surface area (Å²) in [5, 5.41) is 14.9. The zero-order chi connectivity index (χ0) is 28.4. The topological polar surface area (TPSA) is 138 Å². The molecule has 1 unspecified atom stereocenters. The molecule has 3 aromatic rings. The van der Waals surface area contributed by atoms with Crippen molar-refractivity contribution >= 4 is 34.9 Å². The molecule has 40 heavy (non-hydrogen) atoms. The smallest absolute Gasteiger partial charge is 0.251 e. The molecule has 5 N–H and O–H groups in total. The van der Waals surface area contributed by atoms with E-state index in [9.17, 15) is 14.4 Å². The Morgan fingerprint density at radius 1 is 1.10 bits per heavy atom. The maximum atomic E-state index is 13.2. The molecule has 1 saturated carbocycles. The Kier molecular flexibility index (Phi) is 7.62. The lowest BCUT2D eigenvalue weighted by Crippen LogP contribution is -2.50. The van der Waals surface area contributed by atoms with E-state index in [0.717, 1.165) is 16.9 Å². The molecule has 1 aromatic heterocycles. The molecule has 0 spiro atoms. The maximum absolute atomic E-state index is 13.2. The minimum atomic E-state index is -0.580. The van der Waals surface area contributed by atoms with Gasteiger partial charge in [0.2, 0.25) is 11.8 Å². The quantitative estimate of drug-likeness (QED) is 0.222. The van der Waals surface area contributed by atoms with Crippen molar-refractivity contribution in [3.8, 4) is 5.75 Å². The van der Waals surface area contributed by atoms with E-state index in [1.807, 2.05) is 37.3 Å². The Bertz CT molecular complexity index is 1420. The van der Waals surface area contributed by atoms with E-state index in [-0.39, 0.29) is 47.7 Å². The summed E-state index contributed by atoms with van der Waals surface area (Å²) < 4.78 is 5.98. The van der Waals surface area contributed by atoms with Crippen molar-refractivity contribution in [3.63, 3.8) is 0 Å². The van der Waals surface area contributed by atoms with Gasteiger partial charge in [0, 0.05) is 27.4 Å². The lowest BCUT2D eigenvalue weighted by Gasteiger charge is -2.27. The van der Waals surface area contributed by atoms with Crippen LogP contribution in [-0.2, 0) is 16.1 Å². The molecule has 1 aliphatic heterocycles. The van der Waals surface area contributed by atoms with Crippen LogP contribution in [0.15, 0.2) is 66.0 Å². The fourth-order valence-electron chi connectivity index (χ4n) is 5.30. The van der Waals surface area contributed by atoms with Gasteiger partial charge in [-0.05, 0) is 61.1 Å². The molecular formula is C30H33N5O4S. The van der Waals surface area contributed by atoms with Crippen molar-refractivity contribution < 1.29 is 19.1 Å². The Labute approximate surface area is 237 Å². The molecule has 2 aromatic carbocycles. The van der Waals surface area contributed by atoms with Gasteiger partial charge < -0.3 is 26.0 Å². The van der Waals surface area contributed by atoms with E-state index in [1.165, 1.54) is 11.3 Å². The monoisotopic (exact) mass is 559 g/mol. The number of fused-ring (bicyclic) bond motifs is 1. The van der Waals surface area contributed by atoms with Gasteiger partial charge in [-0.25, -0.2) is 0 Å². The van der Waals surface area contributed by atoms with Crippen LogP contribution in [0.2, 0.25) is 0 Å². The summed E-state index contributed by atoms with van der Waals surface area (Å²) in [6, 6.07) is 17.9. The molecular weight excluding hydrogens is 526 g/mol. The Hall–Kier alpha value is -4.18. The number of nitrogens with zero attached hydrogens (tertiary/aromatic N) is 1. The number of benzene rings is 2. The van der Waals surface area contributed by atoms with E-state index in [1.54, 1.807) is 40.6 Å². The van der Waals surface area contributed by atoms with E-state index in [2.05, 4.69) is 17.6 Å². The van der Waals surface area contributed by atoms with E-state index >= 15 is 0 Å². The fourth-order valence-corrected chi connectivity index (χ4v) is 6.12. The predicted molar refractivity (Wildman–Crippen MR) is 153 cm³/mol. The highest BCUT2D eigenvalue weighted by atomic mass is 32.1. The Balaban J connectivity index is 1.14. The molecule has 3 amide bonds. The number of amidine groups is 1. The first-order valence-corrected chi connectivity index (χ1v) is 14.1. The van der Waals surface area contributed by atoms with Crippen molar-refractivity contribution in [2.45, 2.75) is 51.4 Å². The maximum Gasteiger partial charge on any atom is 0.251 e. The summed E-state index contributed by atoms with van der Waals surface area (Å²) >= 11 is 1.42. The average molecular weight is 560 g/mol. The number of carbonyl (C=O) groups excluding carboxylic acids is 3. The average Bonchev–Trinajstić information content (AvgIpc) is 3.26. The number of amides is 3. The minimum absolute atomic E-state index is 0.00161. The van der Waals surface area contributed by atoms with Crippen molar-refractivity contribution in [3.05, 3.63) is 87.6 Å². The number of hydrogen-bond acceptors (Lipinski definition) is 6. The van der Waals surface area contributed by atoms with Crippen LogP contribution in [0.4, 0.5) is 0 Å². The van der Waals surface area contributed by atoms with E-state index < -0.39 is 6.04 Å². The van der Waals surface area contributed by atoms with E-state index in [4.69, 9.17) is 15.9 Å². The molecule has 4 atom stereocenters. The summed E-state index contributed by atoms with van der Waals surface area (Å²) in [5.41, 5.74) is 7.55. The number of carbonyl (C=O) groups is 3. The molecule has 208 valence electrons. The van der Waals surface area contributed by atoms with Crippen molar-refractivity contribution in [1.82, 2.24) is 15.5 Å². The molecule has 1 saturated heterocycles. The van der Waals surface area contributed by atoms with Gasteiger partial charge in [-0.1, -0.05) is 37.3 Å². The number of likely N-dealkylation sites (tertiary alicyclic amines) is 1. The van der Waals surface area contributed by atoms with Crippen LogP contribution >= 0.6 is 11.3 Å². The van der Waals surface area contributed by atoms with Gasteiger partial charge in [0.1, 0.15) is 23.7 Å². The summed E-state index contributed by atoms with van der Waals surface area (Å²) in [4.78, 5) is 41.6. The highest BCUT2D eigenvalue weighted by Gasteiger charge is 2.64. The third-order valence-electron chi connectivity index (χ3n) is 7.73. The zero-order valence-electron chi connectivity index (χ0n) is 22.5. The van der Waals surface area contributed by atoms with Gasteiger partial charge in [0.05, 0.1) is 13.1 Å². The largest absolute Gasteiger partial charge is 0.486 e. The lowest BCUT2D eigenvalue weighted by atomic mass is 10.0. The summed E-state index contributed by atoms with van der Waals surface area (Å²) in [6.07, 6.45) is 1.31. The third kappa shape index (κ3) is 5.86. The van der Waals surface area contributed by atoms with Crippen molar-refractivity contribution in [2.75, 3.05) is 6.54 Å². The first-order valence-electron chi connectivity index (χ1n) is 13.2. The van der Waals surface area contributed by atoms with Crippen LogP contribution in [0.1, 0.15) is 59.2 Å². The number of nitrogens with one attached hydrogen (secondary N) is 3. The Morgan fingerprint density at radius 2 is 1.82 bits per heavy atom. The number of nitrogen functional groups attached to an aromatic ring is 1. The first-order chi connectivity index (χ1) is 19.1.